The number of carbonyl (C=O) groups is 3. The topological polar surface area (TPSA) is 100 Å². The summed E-state index contributed by atoms with van der Waals surface area (Å²) in [4.78, 5) is 43.5. The second kappa shape index (κ2) is 13.5. The third-order valence-electron chi connectivity index (χ3n) is 5.41. The number of anilines is 2. The van der Waals surface area contributed by atoms with Crippen LogP contribution in [0.4, 0.5) is 11.4 Å². The molecule has 1 unspecified atom stereocenters. The van der Waals surface area contributed by atoms with Gasteiger partial charge < -0.3 is 16.0 Å². The smallest absolute Gasteiger partial charge is 0.272 e. The molecule has 1 atom stereocenters. The Morgan fingerprint density at radius 3 is 2.33 bits per heavy atom. The number of pyridine rings is 1. The zero-order valence-electron chi connectivity index (χ0n) is 20.9. The van der Waals surface area contributed by atoms with Crippen molar-refractivity contribution in [3.8, 4) is 0 Å². The van der Waals surface area contributed by atoms with Crippen LogP contribution in [0.3, 0.4) is 0 Å². The molecule has 0 saturated carbocycles. The van der Waals surface area contributed by atoms with Gasteiger partial charge in [0.15, 0.2) is 0 Å². The predicted molar refractivity (Wildman–Crippen MR) is 159 cm³/mol. The first-order valence-corrected chi connectivity index (χ1v) is 13.7. The van der Waals surface area contributed by atoms with Gasteiger partial charge in [0, 0.05) is 38.7 Å². The Kier molecular flexibility index (Phi) is 9.66. The summed E-state index contributed by atoms with van der Waals surface area (Å²) in [6.45, 7) is 1.81. The highest BCUT2D eigenvalue weighted by Gasteiger charge is 2.17. The maximum atomic E-state index is 13.3. The Morgan fingerprint density at radius 2 is 1.59 bits per heavy atom. The number of aromatic nitrogens is 1. The lowest BCUT2D eigenvalue weighted by molar-refractivity contribution is -0.115. The van der Waals surface area contributed by atoms with Crippen molar-refractivity contribution in [1.82, 2.24) is 10.3 Å². The van der Waals surface area contributed by atoms with E-state index >= 15 is 0 Å². The number of nitrogens with zero attached hydrogens (tertiary/aromatic N) is 1. The molecule has 1 aromatic heterocycles. The summed E-state index contributed by atoms with van der Waals surface area (Å²) in [5.74, 6) is -1.03. The van der Waals surface area contributed by atoms with Gasteiger partial charge in [-0.2, -0.15) is 0 Å². The molecular formula is C30H25BrN4O3S. The van der Waals surface area contributed by atoms with E-state index in [9.17, 15) is 14.4 Å². The second-order valence-electron chi connectivity index (χ2n) is 8.40. The molecule has 3 N–H and O–H groups in total. The normalized spacial score (nSPS) is 11.8. The van der Waals surface area contributed by atoms with E-state index in [0.29, 0.717) is 16.9 Å². The van der Waals surface area contributed by atoms with E-state index in [4.69, 9.17) is 0 Å². The van der Waals surface area contributed by atoms with E-state index in [2.05, 4.69) is 36.9 Å². The molecule has 39 heavy (non-hydrogen) atoms. The van der Waals surface area contributed by atoms with Crippen LogP contribution in [0.1, 0.15) is 22.8 Å². The molecule has 0 aliphatic carbocycles. The number of thioether (sulfide) groups is 1. The minimum atomic E-state index is -0.482. The van der Waals surface area contributed by atoms with Gasteiger partial charge in [0.2, 0.25) is 5.91 Å². The van der Waals surface area contributed by atoms with Crippen molar-refractivity contribution in [1.29, 1.82) is 0 Å². The lowest BCUT2D eigenvalue weighted by Gasteiger charge is -2.14. The summed E-state index contributed by atoms with van der Waals surface area (Å²) in [7, 11) is 0. The molecule has 3 amide bonds. The maximum Gasteiger partial charge on any atom is 0.272 e. The van der Waals surface area contributed by atoms with E-state index in [1.807, 2.05) is 43.3 Å². The zero-order valence-corrected chi connectivity index (χ0v) is 23.3. The number of halogens is 1. The molecule has 0 saturated heterocycles. The van der Waals surface area contributed by atoms with Crippen LogP contribution in [0.15, 0.2) is 118 Å². The van der Waals surface area contributed by atoms with Crippen LogP contribution in [0, 0.1) is 0 Å². The van der Waals surface area contributed by atoms with Gasteiger partial charge in [-0.1, -0.05) is 52.3 Å². The Hall–Kier alpha value is -4.21. The highest BCUT2D eigenvalue weighted by Crippen LogP contribution is 2.27. The summed E-state index contributed by atoms with van der Waals surface area (Å²) in [5, 5.41) is 8.07. The van der Waals surface area contributed by atoms with Crippen LogP contribution in [0.25, 0.3) is 6.08 Å². The van der Waals surface area contributed by atoms with Crippen molar-refractivity contribution >= 4 is 62.9 Å². The fraction of sp³-hybridized carbons (Fsp3) is 0.0667. The lowest BCUT2D eigenvalue weighted by Crippen LogP contribution is -2.30. The van der Waals surface area contributed by atoms with E-state index in [1.165, 1.54) is 11.8 Å². The summed E-state index contributed by atoms with van der Waals surface area (Å²) in [6.07, 6.45) is 4.84. The molecule has 4 rings (SSSR count). The molecular weight excluding hydrogens is 576 g/mol. The number of amides is 3. The van der Waals surface area contributed by atoms with Gasteiger partial charge in [-0.15, -0.1) is 11.8 Å². The fourth-order valence-electron chi connectivity index (χ4n) is 3.49. The molecule has 7 nitrogen and oxygen atoms in total. The van der Waals surface area contributed by atoms with Gasteiger partial charge >= 0.3 is 0 Å². The van der Waals surface area contributed by atoms with Crippen molar-refractivity contribution in [2.24, 2.45) is 0 Å². The standard InChI is InChI=1S/C30H25BrN4O3S/c1-20(28(36)33-24-13-15-32-16-14-24)39-26-12-6-11-25(19-26)34-30(38)27(18-21-7-5-10-23(31)17-21)35-29(37)22-8-3-2-4-9-22/h2-20H,1H3,(H,34,38)(H,35,37)(H,32,33,36)/b27-18+. The minimum absolute atomic E-state index is 0.0881. The minimum Gasteiger partial charge on any atom is -0.325 e. The zero-order chi connectivity index (χ0) is 27.6. The highest BCUT2D eigenvalue weighted by molar-refractivity contribution is 9.10. The van der Waals surface area contributed by atoms with Gasteiger partial charge in [-0.25, -0.2) is 0 Å². The lowest BCUT2D eigenvalue weighted by atomic mass is 10.1. The van der Waals surface area contributed by atoms with Crippen LogP contribution in [-0.2, 0) is 9.59 Å². The molecule has 0 aliphatic rings. The predicted octanol–water partition coefficient (Wildman–Crippen LogP) is 6.37. The number of rotatable bonds is 9. The summed E-state index contributed by atoms with van der Waals surface area (Å²) >= 11 is 4.80. The average molecular weight is 602 g/mol. The first kappa shape index (κ1) is 27.8. The molecule has 196 valence electrons. The number of nitrogens with one attached hydrogen (secondary N) is 3. The first-order valence-electron chi connectivity index (χ1n) is 12.0. The molecule has 0 spiro atoms. The van der Waals surface area contributed by atoms with Crippen LogP contribution in [0.5, 0.6) is 0 Å². The van der Waals surface area contributed by atoms with E-state index in [0.717, 1.165) is 14.9 Å². The molecule has 0 fully saturated rings. The largest absolute Gasteiger partial charge is 0.325 e. The molecule has 1 heterocycles. The van der Waals surface area contributed by atoms with Crippen LogP contribution in [-0.4, -0.2) is 28.0 Å². The highest BCUT2D eigenvalue weighted by atomic mass is 79.9. The second-order valence-corrected chi connectivity index (χ2v) is 10.7. The number of carbonyl (C=O) groups excluding carboxylic acids is 3. The van der Waals surface area contributed by atoms with Crippen LogP contribution < -0.4 is 16.0 Å². The summed E-state index contributed by atoms with van der Waals surface area (Å²) in [5.41, 5.74) is 2.46. The average Bonchev–Trinajstić information content (AvgIpc) is 2.94. The SMILES string of the molecule is CC(Sc1cccc(NC(=O)/C(=C\c2cccc(Br)c2)NC(=O)c2ccccc2)c1)C(=O)Nc1ccncc1. The third kappa shape index (κ3) is 8.39. The summed E-state index contributed by atoms with van der Waals surface area (Å²) in [6, 6.07) is 26.7. The van der Waals surface area contributed by atoms with Crippen LogP contribution >= 0.6 is 27.7 Å². The Morgan fingerprint density at radius 1 is 0.846 bits per heavy atom. The summed E-state index contributed by atoms with van der Waals surface area (Å²) < 4.78 is 0.845. The molecule has 3 aromatic carbocycles. The number of hydrogen-bond acceptors (Lipinski definition) is 5. The van der Waals surface area contributed by atoms with Gasteiger partial charge in [0.1, 0.15) is 5.70 Å². The van der Waals surface area contributed by atoms with Gasteiger partial charge in [0.25, 0.3) is 11.8 Å². The molecule has 0 radical (unpaired) electrons. The van der Waals surface area contributed by atoms with Gasteiger partial charge in [0.05, 0.1) is 5.25 Å². The number of hydrogen-bond donors (Lipinski definition) is 3. The maximum absolute atomic E-state index is 13.3. The Bertz CT molecular complexity index is 1500. The van der Waals surface area contributed by atoms with E-state index in [-0.39, 0.29) is 16.9 Å². The van der Waals surface area contributed by atoms with E-state index in [1.54, 1.807) is 73.1 Å². The van der Waals surface area contributed by atoms with Crippen molar-refractivity contribution in [2.75, 3.05) is 10.6 Å². The Labute approximate surface area is 239 Å². The first-order chi connectivity index (χ1) is 18.9. The molecule has 0 bridgehead atoms. The molecule has 4 aromatic rings. The van der Waals surface area contributed by atoms with Crippen molar-refractivity contribution < 1.29 is 14.4 Å². The van der Waals surface area contributed by atoms with Gasteiger partial charge in [-0.3, -0.25) is 19.4 Å². The monoisotopic (exact) mass is 600 g/mol. The van der Waals surface area contributed by atoms with Crippen LogP contribution in [0.2, 0.25) is 0 Å². The quantitative estimate of drug-likeness (QED) is 0.153. The van der Waals surface area contributed by atoms with Crippen molar-refractivity contribution in [3.63, 3.8) is 0 Å². The number of benzene rings is 3. The molecule has 9 heteroatoms. The fourth-order valence-corrected chi connectivity index (χ4v) is 4.83. The van der Waals surface area contributed by atoms with E-state index < -0.39 is 11.8 Å². The molecule has 0 aliphatic heterocycles. The van der Waals surface area contributed by atoms with Crippen molar-refractivity contribution in [3.05, 3.63) is 125 Å². The van der Waals surface area contributed by atoms with Gasteiger partial charge in [-0.05, 0) is 73.2 Å². The Balaban J connectivity index is 1.48. The third-order valence-corrected chi connectivity index (χ3v) is 7.00. The van der Waals surface area contributed by atoms with Crippen molar-refractivity contribution in [2.45, 2.75) is 17.1 Å².